The zero-order valence-electron chi connectivity index (χ0n) is 9.95. The summed E-state index contributed by atoms with van der Waals surface area (Å²) in [6, 6.07) is 0.652. The fraction of sp³-hybridized carbons (Fsp3) is 0.750. The molecule has 2 rings (SSSR count). The van der Waals surface area contributed by atoms with Gasteiger partial charge in [-0.25, -0.2) is 0 Å². The minimum Gasteiger partial charge on any atom is -0.379 e. The van der Waals surface area contributed by atoms with Crippen LogP contribution >= 0.6 is 0 Å². The first-order valence-corrected chi connectivity index (χ1v) is 6.03. The van der Waals surface area contributed by atoms with Crippen molar-refractivity contribution >= 4 is 5.69 Å². The molecule has 1 heterocycles. The zero-order valence-corrected chi connectivity index (χ0v) is 9.95. The first-order chi connectivity index (χ1) is 7.24. The van der Waals surface area contributed by atoms with E-state index in [4.69, 9.17) is 0 Å². The van der Waals surface area contributed by atoms with Crippen molar-refractivity contribution in [1.82, 2.24) is 9.78 Å². The third kappa shape index (κ3) is 2.33. The number of anilines is 1. The molecule has 0 aromatic carbocycles. The van der Waals surface area contributed by atoms with Gasteiger partial charge in [-0.1, -0.05) is 13.8 Å². The Kier molecular flexibility index (Phi) is 2.98. The fourth-order valence-corrected chi connectivity index (χ4v) is 2.17. The molecule has 84 valence electrons. The Balaban J connectivity index is 2.07. The Hall–Kier alpha value is -0.990. The summed E-state index contributed by atoms with van der Waals surface area (Å²) >= 11 is 0. The molecule has 1 N–H and O–H groups in total. The highest BCUT2D eigenvalue weighted by atomic mass is 15.3. The van der Waals surface area contributed by atoms with Crippen LogP contribution in [0.25, 0.3) is 0 Å². The average Bonchev–Trinajstić information content (AvgIpc) is 2.99. The Bertz CT molecular complexity index is 326. The van der Waals surface area contributed by atoms with Gasteiger partial charge < -0.3 is 5.32 Å². The maximum Gasteiger partial charge on any atom is 0.0853 e. The highest BCUT2D eigenvalue weighted by Crippen LogP contribution is 2.35. The molecular formula is C12H21N3. The molecule has 0 spiro atoms. The van der Waals surface area contributed by atoms with Gasteiger partial charge in [0, 0.05) is 19.3 Å². The Labute approximate surface area is 91.9 Å². The van der Waals surface area contributed by atoms with E-state index in [2.05, 4.69) is 30.5 Å². The van der Waals surface area contributed by atoms with Crippen molar-refractivity contribution in [2.24, 2.45) is 13.0 Å². The molecule has 1 aromatic rings. The smallest absolute Gasteiger partial charge is 0.0853 e. The second-order valence-corrected chi connectivity index (χ2v) is 4.51. The Morgan fingerprint density at radius 1 is 1.53 bits per heavy atom. The highest BCUT2D eigenvalue weighted by Gasteiger charge is 2.30. The van der Waals surface area contributed by atoms with E-state index in [1.807, 2.05) is 11.7 Å². The molecule has 0 amide bonds. The van der Waals surface area contributed by atoms with E-state index in [1.165, 1.54) is 30.6 Å². The van der Waals surface area contributed by atoms with Crippen molar-refractivity contribution in [2.75, 3.05) is 5.32 Å². The Morgan fingerprint density at radius 3 is 2.80 bits per heavy atom. The minimum atomic E-state index is 0.652. The number of hydrogen-bond donors (Lipinski definition) is 1. The van der Waals surface area contributed by atoms with Crippen LogP contribution in [0.15, 0.2) is 6.20 Å². The van der Waals surface area contributed by atoms with E-state index in [0.717, 1.165) is 12.3 Å². The van der Waals surface area contributed by atoms with Gasteiger partial charge in [-0.05, 0) is 31.6 Å². The zero-order chi connectivity index (χ0) is 10.8. The van der Waals surface area contributed by atoms with Crippen LogP contribution in [-0.4, -0.2) is 15.8 Å². The van der Waals surface area contributed by atoms with Gasteiger partial charge in [0.05, 0.1) is 11.4 Å². The van der Waals surface area contributed by atoms with Crippen molar-refractivity contribution in [3.8, 4) is 0 Å². The molecule has 0 radical (unpaired) electrons. The summed E-state index contributed by atoms with van der Waals surface area (Å²) in [6.07, 6.45) is 7.11. The number of hydrogen-bond acceptors (Lipinski definition) is 2. The summed E-state index contributed by atoms with van der Waals surface area (Å²) in [7, 11) is 1.99. The van der Waals surface area contributed by atoms with Crippen LogP contribution in [-0.2, 0) is 13.5 Å². The maximum absolute atomic E-state index is 4.45. The summed E-state index contributed by atoms with van der Waals surface area (Å²) < 4.78 is 1.90. The number of aromatic nitrogens is 2. The second kappa shape index (κ2) is 4.25. The van der Waals surface area contributed by atoms with Crippen LogP contribution in [0.5, 0.6) is 0 Å². The molecular weight excluding hydrogens is 186 g/mol. The van der Waals surface area contributed by atoms with Crippen molar-refractivity contribution in [2.45, 2.75) is 45.6 Å². The molecule has 3 nitrogen and oxygen atoms in total. The van der Waals surface area contributed by atoms with Gasteiger partial charge in [0.1, 0.15) is 0 Å². The maximum atomic E-state index is 4.45. The van der Waals surface area contributed by atoms with E-state index in [0.29, 0.717) is 6.04 Å². The summed E-state index contributed by atoms with van der Waals surface area (Å²) in [4.78, 5) is 0. The lowest BCUT2D eigenvalue weighted by Gasteiger charge is -2.16. The van der Waals surface area contributed by atoms with E-state index in [-0.39, 0.29) is 0 Å². The molecule has 15 heavy (non-hydrogen) atoms. The molecule has 3 heteroatoms. The van der Waals surface area contributed by atoms with Gasteiger partial charge >= 0.3 is 0 Å². The van der Waals surface area contributed by atoms with Crippen LogP contribution < -0.4 is 5.32 Å². The van der Waals surface area contributed by atoms with Crippen molar-refractivity contribution < 1.29 is 0 Å². The van der Waals surface area contributed by atoms with Crippen molar-refractivity contribution in [3.63, 3.8) is 0 Å². The van der Waals surface area contributed by atoms with E-state index < -0.39 is 0 Å². The number of aryl methyl sites for hydroxylation is 2. The fourth-order valence-electron chi connectivity index (χ4n) is 2.17. The van der Waals surface area contributed by atoms with Gasteiger partial charge in [0.25, 0.3) is 0 Å². The minimum absolute atomic E-state index is 0.652. The van der Waals surface area contributed by atoms with Gasteiger partial charge in [0.2, 0.25) is 0 Å². The largest absolute Gasteiger partial charge is 0.379 e. The lowest BCUT2D eigenvalue weighted by molar-refractivity contribution is 0.616. The van der Waals surface area contributed by atoms with Gasteiger partial charge in [0.15, 0.2) is 0 Å². The standard InChI is InChI=1S/C12H21N3/c1-4-10(9-6-7-9)13-12-8-15(3)14-11(12)5-2/h8-10,13H,4-7H2,1-3H3. The lowest BCUT2D eigenvalue weighted by Crippen LogP contribution is -2.21. The molecule has 1 unspecified atom stereocenters. The summed E-state index contributed by atoms with van der Waals surface area (Å²) in [5, 5.41) is 8.10. The number of nitrogens with zero attached hydrogens (tertiary/aromatic N) is 2. The summed E-state index contributed by atoms with van der Waals surface area (Å²) in [5.41, 5.74) is 2.43. The molecule has 1 saturated carbocycles. The molecule has 1 fully saturated rings. The van der Waals surface area contributed by atoms with E-state index >= 15 is 0 Å². The first kappa shape index (κ1) is 10.5. The van der Waals surface area contributed by atoms with Crippen LogP contribution in [0.4, 0.5) is 5.69 Å². The molecule has 0 aliphatic heterocycles. The molecule has 0 saturated heterocycles. The van der Waals surface area contributed by atoms with Crippen LogP contribution in [0.1, 0.15) is 38.8 Å². The molecule has 1 aliphatic carbocycles. The second-order valence-electron chi connectivity index (χ2n) is 4.51. The topological polar surface area (TPSA) is 29.9 Å². The van der Waals surface area contributed by atoms with E-state index in [1.54, 1.807) is 0 Å². The van der Waals surface area contributed by atoms with Crippen molar-refractivity contribution in [3.05, 3.63) is 11.9 Å². The first-order valence-electron chi connectivity index (χ1n) is 6.03. The average molecular weight is 207 g/mol. The summed E-state index contributed by atoms with van der Waals surface area (Å²) in [6.45, 7) is 4.42. The predicted molar refractivity (Wildman–Crippen MR) is 63.0 cm³/mol. The Morgan fingerprint density at radius 2 is 2.27 bits per heavy atom. The van der Waals surface area contributed by atoms with Crippen molar-refractivity contribution in [1.29, 1.82) is 0 Å². The van der Waals surface area contributed by atoms with Crippen LogP contribution in [0.3, 0.4) is 0 Å². The third-order valence-electron chi connectivity index (χ3n) is 3.21. The number of nitrogens with one attached hydrogen (secondary N) is 1. The lowest BCUT2D eigenvalue weighted by atomic mass is 10.1. The van der Waals surface area contributed by atoms with Crippen LogP contribution in [0, 0.1) is 5.92 Å². The molecule has 1 atom stereocenters. The van der Waals surface area contributed by atoms with Crippen LogP contribution in [0.2, 0.25) is 0 Å². The third-order valence-corrected chi connectivity index (χ3v) is 3.21. The summed E-state index contributed by atoms with van der Waals surface area (Å²) in [5.74, 6) is 0.903. The predicted octanol–water partition coefficient (Wildman–Crippen LogP) is 2.58. The van der Waals surface area contributed by atoms with E-state index in [9.17, 15) is 0 Å². The van der Waals surface area contributed by atoms with Gasteiger partial charge in [-0.15, -0.1) is 0 Å². The normalized spacial score (nSPS) is 17.8. The van der Waals surface area contributed by atoms with Gasteiger partial charge in [-0.3, -0.25) is 4.68 Å². The highest BCUT2D eigenvalue weighted by molar-refractivity contribution is 5.47. The molecule has 1 aromatic heterocycles. The molecule has 1 aliphatic rings. The monoisotopic (exact) mass is 207 g/mol. The van der Waals surface area contributed by atoms with Gasteiger partial charge in [-0.2, -0.15) is 5.10 Å². The quantitative estimate of drug-likeness (QED) is 0.804. The SMILES string of the molecule is CCc1nn(C)cc1NC(CC)C1CC1. The molecule has 0 bridgehead atoms. The number of rotatable bonds is 5.